The summed E-state index contributed by atoms with van der Waals surface area (Å²) in [4.78, 5) is 13.5. The van der Waals surface area contributed by atoms with Crippen LogP contribution in [0, 0.1) is 5.92 Å². The highest BCUT2D eigenvalue weighted by atomic mass is 16.1. The molecule has 1 heterocycles. The van der Waals surface area contributed by atoms with Crippen molar-refractivity contribution in [2.45, 2.75) is 32.7 Å². The van der Waals surface area contributed by atoms with E-state index in [0.717, 1.165) is 32.1 Å². The van der Waals surface area contributed by atoms with Crippen LogP contribution in [0.2, 0.25) is 0 Å². The summed E-state index contributed by atoms with van der Waals surface area (Å²) >= 11 is 0. The zero-order valence-corrected chi connectivity index (χ0v) is 9.83. The fraction of sp³-hybridized carbons (Fsp3) is 0.909. The minimum absolute atomic E-state index is 0.194. The number of nitrogens with zero attached hydrogens (tertiary/aromatic N) is 1. The summed E-state index contributed by atoms with van der Waals surface area (Å²) in [5.74, 6) is 0.504. The zero-order chi connectivity index (χ0) is 11.3. The van der Waals surface area contributed by atoms with Crippen LogP contribution in [0.5, 0.6) is 0 Å². The molecule has 4 heteroatoms. The second kappa shape index (κ2) is 6.08. The third-order valence-electron chi connectivity index (χ3n) is 2.98. The normalized spacial score (nSPS) is 25.1. The van der Waals surface area contributed by atoms with Crippen molar-refractivity contribution in [2.24, 2.45) is 11.7 Å². The molecule has 0 aromatic heterocycles. The fourth-order valence-corrected chi connectivity index (χ4v) is 2.21. The van der Waals surface area contributed by atoms with E-state index in [1.54, 1.807) is 0 Å². The Morgan fingerprint density at radius 1 is 1.67 bits per heavy atom. The smallest absolute Gasteiger partial charge is 0.235 e. The average molecular weight is 213 g/mol. The van der Waals surface area contributed by atoms with Crippen LogP contribution in [0.25, 0.3) is 0 Å². The number of likely N-dealkylation sites (N-methyl/N-ethyl adjacent to an activating group) is 1. The molecule has 1 aliphatic heterocycles. The van der Waals surface area contributed by atoms with Gasteiger partial charge in [-0.1, -0.05) is 13.8 Å². The van der Waals surface area contributed by atoms with Crippen molar-refractivity contribution in [1.29, 1.82) is 0 Å². The average Bonchev–Trinajstić information content (AvgIpc) is 2.17. The van der Waals surface area contributed by atoms with Gasteiger partial charge in [-0.05, 0) is 31.8 Å². The maximum atomic E-state index is 11.2. The number of likely N-dealkylation sites (tertiary alicyclic amines) is 1. The largest absolute Gasteiger partial charge is 0.368 e. The van der Waals surface area contributed by atoms with Gasteiger partial charge in [0.15, 0.2) is 0 Å². The van der Waals surface area contributed by atoms with E-state index in [9.17, 15) is 4.79 Å². The fourth-order valence-electron chi connectivity index (χ4n) is 2.21. The van der Waals surface area contributed by atoms with Gasteiger partial charge in [0.1, 0.15) is 0 Å². The molecule has 0 radical (unpaired) electrons. The van der Waals surface area contributed by atoms with Crippen LogP contribution >= 0.6 is 0 Å². The second-order valence-corrected chi connectivity index (χ2v) is 4.52. The predicted octanol–water partition coefficient (Wildman–Crippen LogP) is 0.182. The summed E-state index contributed by atoms with van der Waals surface area (Å²) in [6, 6.07) is -0.194. The molecule has 15 heavy (non-hydrogen) atoms. The van der Waals surface area contributed by atoms with Crippen molar-refractivity contribution in [1.82, 2.24) is 10.2 Å². The number of piperidine rings is 1. The van der Waals surface area contributed by atoms with Gasteiger partial charge in [0.2, 0.25) is 5.91 Å². The molecule has 1 rings (SSSR count). The molecule has 88 valence electrons. The van der Waals surface area contributed by atoms with E-state index in [0.29, 0.717) is 0 Å². The molecular formula is C11H23N3O. The number of amides is 1. The van der Waals surface area contributed by atoms with Crippen LogP contribution < -0.4 is 11.1 Å². The lowest BCUT2D eigenvalue weighted by Gasteiger charge is -2.32. The van der Waals surface area contributed by atoms with Gasteiger partial charge in [0.25, 0.3) is 0 Å². The molecule has 4 nitrogen and oxygen atoms in total. The molecule has 1 amide bonds. The molecule has 0 bridgehead atoms. The van der Waals surface area contributed by atoms with Crippen LogP contribution in [0.15, 0.2) is 0 Å². The van der Waals surface area contributed by atoms with Crippen LogP contribution in [0.3, 0.4) is 0 Å². The Bertz CT molecular complexity index is 208. The highest BCUT2D eigenvalue weighted by molar-refractivity contribution is 5.80. The molecule has 1 aliphatic rings. The summed E-state index contributed by atoms with van der Waals surface area (Å²) in [5.41, 5.74) is 5.35. The Morgan fingerprint density at radius 3 is 2.93 bits per heavy atom. The third-order valence-corrected chi connectivity index (χ3v) is 2.98. The van der Waals surface area contributed by atoms with Crippen LogP contribution in [-0.2, 0) is 4.79 Å². The minimum Gasteiger partial charge on any atom is -0.368 e. The molecule has 0 aliphatic carbocycles. The molecule has 2 atom stereocenters. The predicted molar refractivity (Wildman–Crippen MR) is 61.5 cm³/mol. The van der Waals surface area contributed by atoms with Crippen LogP contribution in [0.1, 0.15) is 26.7 Å². The van der Waals surface area contributed by atoms with Gasteiger partial charge in [-0.15, -0.1) is 0 Å². The first-order valence-corrected chi connectivity index (χ1v) is 5.88. The summed E-state index contributed by atoms with van der Waals surface area (Å²) < 4.78 is 0. The number of carbonyl (C=O) groups is 1. The van der Waals surface area contributed by atoms with Crippen molar-refractivity contribution in [3.63, 3.8) is 0 Å². The van der Waals surface area contributed by atoms with Gasteiger partial charge in [-0.2, -0.15) is 0 Å². The monoisotopic (exact) mass is 213 g/mol. The van der Waals surface area contributed by atoms with Gasteiger partial charge in [-0.3, -0.25) is 4.79 Å². The molecule has 2 unspecified atom stereocenters. The van der Waals surface area contributed by atoms with Crippen LogP contribution in [0.4, 0.5) is 0 Å². The summed E-state index contributed by atoms with van der Waals surface area (Å²) in [7, 11) is 0. The SMILES string of the molecule is CCNC(CN1CCCC(C)C1)C(N)=O. The number of hydrogen-bond donors (Lipinski definition) is 2. The Morgan fingerprint density at radius 2 is 2.40 bits per heavy atom. The summed E-state index contributed by atoms with van der Waals surface area (Å²) in [6.07, 6.45) is 2.54. The Kier molecular flexibility index (Phi) is 5.05. The summed E-state index contributed by atoms with van der Waals surface area (Å²) in [6.45, 7) is 7.99. The van der Waals surface area contributed by atoms with Gasteiger partial charge < -0.3 is 16.0 Å². The lowest BCUT2D eigenvalue weighted by molar-refractivity contribution is -0.120. The van der Waals surface area contributed by atoms with Crippen molar-refractivity contribution in [3.8, 4) is 0 Å². The quantitative estimate of drug-likeness (QED) is 0.685. The summed E-state index contributed by atoms with van der Waals surface area (Å²) in [5, 5.41) is 3.13. The van der Waals surface area contributed by atoms with Gasteiger partial charge in [0, 0.05) is 13.1 Å². The number of carbonyl (C=O) groups excluding carboxylic acids is 1. The number of hydrogen-bond acceptors (Lipinski definition) is 3. The third kappa shape index (κ3) is 4.18. The first-order chi connectivity index (χ1) is 7.13. The van der Waals surface area contributed by atoms with E-state index >= 15 is 0 Å². The first-order valence-electron chi connectivity index (χ1n) is 5.88. The highest BCUT2D eigenvalue weighted by Gasteiger charge is 2.22. The minimum atomic E-state index is -0.241. The molecule has 1 fully saturated rings. The lowest BCUT2D eigenvalue weighted by Crippen LogP contribution is -2.50. The topological polar surface area (TPSA) is 58.4 Å². The molecule has 1 saturated heterocycles. The molecule has 0 saturated carbocycles. The Hall–Kier alpha value is -0.610. The Labute approximate surface area is 92.2 Å². The molecule has 0 aromatic rings. The van der Waals surface area contributed by atoms with Crippen molar-refractivity contribution < 1.29 is 4.79 Å². The van der Waals surface area contributed by atoms with Crippen LogP contribution in [-0.4, -0.2) is 43.0 Å². The van der Waals surface area contributed by atoms with E-state index in [-0.39, 0.29) is 11.9 Å². The maximum absolute atomic E-state index is 11.2. The molecular weight excluding hydrogens is 190 g/mol. The number of rotatable bonds is 5. The van der Waals surface area contributed by atoms with E-state index in [1.165, 1.54) is 12.8 Å². The molecule has 0 aromatic carbocycles. The first kappa shape index (κ1) is 12.5. The van der Waals surface area contributed by atoms with Gasteiger partial charge >= 0.3 is 0 Å². The molecule has 0 spiro atoms. The Balaban J connectivity index is 2.39. The van der Waals surface area contributed by atoms with E-state index in [1.807, 2.05) is 6.92 Å². The standard InChI is InChI=1S/C11H23N3O/c1-3-13-10(11(12)15)8-14-6-4-5-9(2)7-14/h9-10,13H,3-8H2,1-2H3,(H2,12,15). The van der Waals surface area contributed by atoms with Crippen molar-refractivity contribution >= 4 is 5.91 Å². The number of nitrogens with one attached hydrogen (secondary N) is 1. The highest BCUT2D eigenvalue weighted by Crippen LogP contribution is 2.15. The van der Waals surface area contributed by atoms with E-state index in [2.05, 4.69) is 17.1 Å². The van der Waals surface area contributed by atoms with Gasteiger partial charge in [0.05, 0.1) is 6.04 Å². The van der Waals surface area contributed by atoms with E-state index < -0.39 is 0 Å². The zero-order valence-electron chi connectivity index (χ0n) is 9.83. The van der Waals surface area contributed by atoms with Crippen molar-refractivity contribution in [3.05, 3.63) is 0 Å². The van der Waals surface area contributed by atoms with E-state index in [4.69, 9.17) is 5.73 Å². The molecule has 3 N–H and O–H groups in total. The lowest BCUT2D eigenvalue weighted by atomic mass is 10.00. The van der Waals surface area contributed by atoms with Gasteiger partial charge in [-0.25, -0.2) is 0 Å². The number of nitrogens with two attached hydrogens (primary N) is 1. The maximum Gasteiger partial charge on any atom is 0.235 e. The second-order valence-electron chi connectivity index (χ2n) is 4.52. The number of primary amides is 1. The van der Waals surface area contributed by atoms with Crippen molar-refractivity contribution in [2.75, 3.05) is 26.2 Å².